The Bertz CT molecular complexity index is 824. The van der Waals surface area contributed by atoms with Crippen LogP contribution in [0.4, 0.5) is 0 Å². The molecule has 5 heteroatoms. The van der Waals surface area contributed by atoms with Gasteiger partial charge in [-0.15, -0.1) is 0 Å². The summed E-state index contributed by atoms with van der Waals surface area (Å²) < 4.78 is 5.72. The summed E-state index contributed by atoms with van der Waals surface area (Å²) >= 11 is 0. The monoisotopic (exact) mass is 411 g/mol. The molecule has 0 radical (unpaired) electrons. The lowest BCUT2D eigenvalue weighted by Crippen LogP contribution is -2.46. The minimum atomic E-state index is -0.813. The van der Waals surface area contributed by atoms with Crippen LogP contribution in [0.25, 0.3) is 0 Å². The summed E-state index contributed by atoms with van der Waals surface area (Å²) in [5.74, 6) is 0.471. The standard InChI is InChI=1S/C25H33NO4/c1-25(2,15-19-12-20-7-3-4-8-21(20)13-19)26-16-22(27)17-30-23-9-5-6-18(14-23)10-11-24(28)29/h3-9,14,19,22,26-27H,10-13,15-17H2,1-2H3,(H,28,29)/t22-/m0/s1. The van der Waals surface area contributed by atoms with Gasteiger partial charge in [-0.2, -0.15) is 0 Å². The summed E-state index contributed by atoms with van der Waals surface area (Å²) in [6, 6.07) is 16.1. The predicted octanol–water partition coefficient (Wildman–Crippen LogP) is 3.62. The average molecular weight is 412 g/mol. The molecule has 5 nitrogen and oxygen atoms in total. The van der Waals surface area contributed by atoms with Crippen molar-refractivity contribution in [3.05, 3.63) is 65.2 Å². The molecule has 0 saturated heterocycles. The van der Waals surface area contributed by atoms with Crippen molar-refractivity contribution < 1.29 is 19.7 Å². The van der Waals surface area contributed by atoms with Crippen LogP contribution in [0.1, 0.15) is 43.4 Å². The summed E-state index contributed by atoms with van der Waals surface area (Å²) in [5.41, 5.74) is 3.79. The van der Waals surface area contributed by atoms with E-state index < -0.39 is 12.1 Å². The fourth-order valence-electron chi connectivity index (χ4n) is 4.28. The summed E-state index contributed by atoms with van der Waals surface area (Å²) in [4.78, 5) is 10.7. The number of aliphatic carboxylic acids is 1. The van der Waals surface area contributed by atoms with Gasteiger partial charge in [0.2, 0.25) is 0 Å². The van der Waals surface area contributed by atoms with Crippen LogP contribution < -0.4 is 10.1 Å². The molecule has 1 aliphatic rings. The van der Waals surface area contributed by atoms with Gasteiger partial charge in [0.25, 0.3) is 0 Å². The number of β-amino-alcohol motifs (C(OH)–C–C–N with tert-alkyl or cyclic N) is 1. The number of hydrogen-bond acceptors (Lipinski definition) is 4. The Hall–Kier alpha value is -2.37. The molecule has 0 aromatic heterocycles. The fourth-order valence-corrected chi connectivity index (χ4v) is 4.28. The van der Waals surface area contributed by atoms with E-state index in [4.69, 9.17) is 9.84 Å². The molecule has 0 fully saturated rings. The number of ether oxygens (including phenoxy) is 1. The molecular formula is C25H33NO4. The van der Waals surface area contributed by atoms with E-state index in [0.29, 0.717) is 24.6 Å². The molecule has 0 aliphatic heterocycles. The average Bonchev–Trinajstić information content (AvgIpc) is 3.11. The van der Waals surface area contributed by atoms with Gasteiger partial charge in [-0.1, -0.05) is 36.4 Å². The molecule has 30 heavy (non-hydrogen) atoms. The molecule has 0 saturated carbocycles. The highest BCUT2D eigenvalue weighted by atomic mass is 16.5. The van der Waals surface area contributed by atoms with E-state index in [0.717, 1.165) is 24.8 Å². The lowest BCUT2D eigenvalue weighted by atomic mass is 9.88. The van der Waals surface area contributed by atoms with Gasteiger partial charge < -0.3 is 20.3 Å². The van der Waals surface area contributed by atoms with Crippen molar-refractivity contribution in [3.63, 3.8) is 0 Å². The zero-order chi connectivity index (χ0) is 21.6. The highest BCUT2D eigenvalue weighted by Gasteiger charge is 2.28. The number of nitrogens with one attached hydrogen (secondary N) is 1. The van der Waals surface area contributed by atoms with Crippen LogP contribution in [0, 0.1) is 5.92 Å². The van der Waals surface area contributed by atoms with Crippen molar-refractivity contribution in [2.24, 2.45) is 5.92 Å². The molecule has 0 amide bonds. The van der Waals surface area contributed by atoms with Crippen LogP contribution in [-0.2, 0) is 24.1 Å². The number of benzene rings is 2. The highest BCUT2D eigenvalue weighted by molar-refractivity contribution is 5.67. The molecular weight excluding hydrogens is 378 g/mol. The first-order valence-corrected chi connectivity index (χ1v) is 10.7. The Labute approximate surface area is 179 Å². The second kappa shape index (κ2) is 10.1. The summed E-state index contributed by atoms with van der Waals surface area (Å²) in [6.45, 7) is 5.04. The van der Waals surface area contributed by atoms with Crippen LogP contribution in [-0.4, -0.2) is 41.0 Å². The maximum absolute atomic E-state index is 10.7. The Balaban J connectivity index is 1.40. The number of carboxylic acids is 1. The minimum absolute atomic E-state index is 0.0650. The van der Waals surface area contributed by atoms with Crippen LogP contribution >= 0.6 is 0 Å². The first kappa shape index (κ1) is 22.3. The zero-order valence-corrected chi connectivity index (χ0v) is 17.9. The van der Waals surface area contributed by atoms with E-state index in [2.05, 4.69) is 43.4 Å². The zero-order valence-electron chi connectivity index (χ0n) is 17.9. The quantitative estimate of drug-likeness (QED) is 0.526. The third-order valence-electron chi connectivity index (χ3n) is 5.72. The highest BCUT2D eigenvalue weighted by Crippen LogP contribution is 2.31. The normalized spacial score (nSPS) is 15.0. The minimum Gasteiger partial charge on any atom is -0.491 e. The molecule has 1 aliphatic carbocycles. The molecule has 3 rings (SSSR count). The number of hydrogen-bond donors (Lipinski definition) is 3. The lowest BCUT2D eigenvalue weighted by molar-refractivity contribution is -0.136. The van der Waals surface area contributed by atoms with Gasteiger partial charge >= 0.3 is 5.97 Å². The third-order valence-corrected chi connectivity index (χ3v) is 5.72. The van der Waals surface area contributed by atoms with Crippen LogP contribution in [0.2, 0.25) is 0 Å². The number of aliphatic hydroxyl groups excluding tert-OH is 1. The van der Waals surface area contributed by atoms with E-state index in [1.54, 1.807) is 0 Å². The Morgan fingerprint density at radius 1 is 1.17 bits per heavy atom. The van der Waals surface area contributed by atoms with Gasteiger partial charge in [0.05, 0.1) is 0 Å². The molecule has 0 bridgehead atoms. The van der Waals surface area contributed by atoms with E-state index in [1.807, 2.05) is 24.3 Å². The number of carboxylic acid groups (broad SMARTS) is 1. The Morgan fingerprint density at radius 3 is 2.53 bits per heavy atom. The van der Waals surface area contributed by atoms with Crippen molar-refractivity contribution in [2.75, 3.05) is 13.2 Å². The van der Waals surface area contributed by atoms with Crippen LogP contribution in [0.3, 0.4) is 0 Å². The predicted molar refractivity (Wildman–Crippen MR) is 118 cm³/mol. The molecule has 0 unspecified atom stereocenters. The second-order valence-corrected chi connectivity index (χ2v) is 9.02. The van der Waals surface area contributed by atoms with Crippen molar-refractivity contribution in [1.82, 2.24) is 5.32 Å². The van der Waals surface area contributed by atoms with Gasteiger partial charge in [0, 0.05) is 18.5 Å². The summed E-state index contributed by atoms with van der Waals surface area (Å²) in [7, 11) is 0. The maximum Gasteiger partial charge on any atom is 0.303 e. The Kier molecular flexibility index (Phi) is 7.51. The number of rotatable bonds is 11. The van der Waals surface area contributed by atoms with Crippen molar-refractivity contribution in [1.29, 1.82) is 0 Å². The summed E-state index contributed by atoms with van der Waals surface area (Å²) in [5, 5.41) is 22.7. The number of aryl methyl sites for hydroxylation is 1. The SMILES string of the molecule is CC(C)(CC1Cc2ccccc2C1)NC[C@H](O)COc1cccc(CCC(=O)O)c1. The van der Waals surface area contributed by atoms with Gasteiger partial charge in [-0.3, -0.25) is 4.79 Å². The van der Waals surface area contributed by atoms with Gasteiger partial charge in [-0.05, 0) is 74.3 Å². The lowest BCUT2D eigenvalue weighted by Gasteiger charge is -2.30. The Morgan fingerprint density at radius 2 is 1.87 bits per heavy atom. The molecule has 162 valence electrons. The smallest absolute Gasteiger partial charge is 0.303 e. The van der Waals surface area contributed by atoms with Gasteiger partial charge in [0.1, 0.15) is 18.5 Å². The third kappa shape index (κ3) is 6.85. The number of fused-ring (bicyclic) bond motifs is 1. The molecule has 2 aromatic rings. The maximum atomic E-state index is 10.7. The van der Waals surface area contributed by atoms with Crippen molar-refractivity contribution >= 4 is 5.97 Å². The van der Waals surface area contributed by atoms with Gasteiger partial charge in [0.15, 0.2) is 0 Å². The van der Waals surface area contributed by atoms with Crippen LogP contribution in [0.15, 0.2) is 48.5 Å². The molecule has 0 heterocycles. The van der Waals surface area contributed by atoms with Crippen LogP contribution in [0.5, 0.6) is 5.75 Å². The first-order valence-electron chi connectivity index (χ1n) is 10.7. The topological polar surface area (TPSA) is 78.8 Å². The second-order valence-electron chi connectivity index (χ2n) is 9.02. The number of carbonyl (C=O) groups is 1. The largest absolute Gasteiger partial charge is 0.491 e. The van der Waals surface area contributed by atoms with Crippen molar-refractivity contribution in [2.45, 2.75) is 57.6 Å². The summed E-state index contributed by atoms with van der Waals surface area (Å²) in [6.07, 6.45) is 3.26. The van der Waals surface area contributed by atoms with E-state index in [-0.39, 0.29) is 18.6 Å². The molecule has 0 spiro atoms. The van der Waals surface area contributed by atoms with E-state index in [9.17, 15) is 9.90 Å². The number of aliphatic hydroxyl groups is 1. The van der Waals surface area contributed by atoms with Crippen molar-refractivity contribution in [3.8, 4) is 5.75 Å². The van der Waals surface area contributed by atoms with E-state index in [1.165, 1.54) is 11.1 Å². The van der Waals surface area contributed by atoms with Gasteiger partial charge in [-0.25, -0.2) is 0 Å². The fraction of sp³-hybridized carbons (Fsp3) is 0.480. The molecule has 1 atom stereocenters. The molecule has 2 aromatic carbocycles. The molecule has 3 N–H and O–H groups in total. The van der Waals surface area contributed by atoms with E-state index >= 15 is 0 Å². The first-order chi connectivity index (χ1) is 14.3.